The van der Waals surface area contributed by atoms with Gasteiger partial charge < -0.3 is 14.6 Å². The number of carbonyl (C=O) groups is 2. The Kier molecular flexibility index (Phi) is 4.07. The molecule has 2 aromatic rings. The molecule has 0 fully saturated rings. The van der Waals surface area contributed by atoms with Crippen molar-refractivity contribution >= 4 is 11.8 Å². The molecule has 0 radical (unpaired) electrons. The highest BCUT2D eigenvalue weighted by atomic mass is 16.3. The molecule has 5 heteroatoms. The molecule has 25 heavy (non-hydrogen) atoms. The van der Waals surface area contributed by atoms with Gasteiger partial charge in [0.25, 0.3) is 0 Å². The molecule has 0 saturated carbocycles. The first-order valence-corrected chi connectivity index (χ1v) is 8.84. The van der Waals surface area contributed by atoms with Crippen molar-refractivity contribution in [3.63, 3.8) is 0 Å². The van der Waals surface area contributed by atoms with Crippen LogP contribution in [0.25, 0.3) is 0 Å². The number of benzene rings is 1. The molecular formula is C20H22N2O3. The zero-order chi connectivity index (χ0) is 17.4. The summed E-state index contributed by atoms with van der Waals surface area (Å²) >= 11 is 0. The Balaban J connectivity index is 1.56. The van der Waals surface area contributed by atoms with E-state index in [1.54, 1.807) is 11.2 Å². The lowest BCUT2D eigenvalue weighted by Crippen LogP contribution is -2.52. The predicted octanol–water partition coefficient (Wildman–Crippen LogP) is 2.75. The third-order valence-corrected chi connectivity index (χ3v) is 5.32. The van der Waals surface area contributed by atoms with Crippen LogP contribution in [0, 0.1) is 0 Å². The molecule has 1 N–H and O–H groups in total. The van der Waals surface area contributed by atoms with Crippen LogP contribution in [0.3, 0.4) is 0 Å². The van der Waals surface area contributed by atoms with Gasteiger partial charge in [-0.25, -0.2) is 0 Å². The van der Waals surface area contributed by atoms with Gasteiger partial charge in [0.1, 0.15) is 11.8 Å². The molecule has 1 aromatic carbocycles. The van der Waals surface area contributed by atoms with Crippen LogP contribution < -0.4 is 5.32 Å². The van der Waals surface area contributed by atoms with E-state index in [1.807, 2.05) is 30.3 Å². The second kappa shape index (κ2) is 6.39. The molecule has 1 aliphatic carbocycles. The van der Waals surface area contributed by atoms with Crippen LogP contribution in [-0.4, -0.2) is 22.8 Å². The Morgan fingerprint density at radius 2 is 2.00 bits per heavy atom. The minimum atomic E-state index is -0.454. The topological polar surface area (TPSA) is 62.6 Å². The second-order valence-corrected chi connectivity index (χ2v) is 6.89. The minimum absolute atomic E-state index is 0.0269. The molecule has 0 unspecified atom stereocenters. The summed E-state index contributed by atoms with van der Waals surface area (Å²) in [5.74, 6) is 0.819. The van der Waals surface area contributed by atoms with Crippen molar-refractivity contribution < 1.29 is 14.0 Å². The lowest BCUT2D eigenvalue weighted by molar-refractivity contribution is -0.140. The van der Waals surface area contributed by atoms with Crippen molar-refractivity contribution in [1.82, 2.24) is 10.2 Å². The Morgan fingerprint density at radius 1 is 1.20 bits per heavy atom. The SMILES string of the molecule is CC(=O)N1Cc2ccccc2C[C@@H]1C(=O)N[C@@H]1CCCc2occc21. The number of fused-ring (bicyclic) bond motifs is 2. The number of furan rings is 1. The van der Waals surface area contributed by atoms with Gasteiger partial charge in [0.2, 0.25) is 11.8 Å². The standard InChI is InChI=1S/C20H22N2O3/c1-13(23)22-12-15-6-3-2-5-14(15)11-18(22)20(24)21-17-7-4-8-19-16(17)9-10-25-19/h2-3,5-6,9-10,17-18H,4,7-8,11-12H2,1H3,(H,21,24)/t17-,18-/m1/s1. The smallest absolute Gasteiger partial charge is 0.243 e. The molecule has 0 spiro atoms. The van der Waals surface area contributed by atoms with Crippen molar-refractivity contribution in [3.8, 4) is 0 Å². The van der Waals surface area contributed by atoms with Gasteiger partial charge in [-0.05, 0) is 30.0 Å². The zero-order valence-electron chi connectivity index (χ0n) is 14.3. The molecule has 2 amide bonds. The summed E-state index contributed by atoms with van der Waals surface area (Å²) in [6, 6.07) is 9.49. The van der Waals surface area contributed by atoms with E-state index in [0.717, 1.165) is 41.7 Å². The van der Waals surface area contributed by atoms with Crippen molar-refractivity contribution in [2.24, 2.45) is 0 Å². The van der Waals surface area contributed by atoms with E-state index in [9.17, 15) is 9.59 Å². The predicted molar refractivity (Wildman–Crippen MR) is 92.7 cm³/mol. The number of amides is 2. The highest BCUT2D eigenvalue weighted by molar-refractivity contribution is 5.88. The van der Waals surface area contributed by atoms with Crippen LogP contribution in [-0.2, 0) is 29.0 Å². The van der Waals surface area contributed by atoms with Crippen LogP contribution in [0.2, 0.25) is 0 Å². The van der Waals surface area contributed by atoms with Gasteiger partial charge in [-0.3, -0.25) is 9.59 Å². The second-order valence-electron chi connectivity index (χ2n) is 6.89. The fourth-order valence-electron chi connectivity index (χ4n) is 3.99. The molecule has 130 valence electrons. The van der Waals surface area contributed by atoms with E-state index >= 15 is 0 Å². The summed E-state index contributed by atoms with van der Waals surface area (Å²) < 4.78 is 5.50. The molecule has 2 heterocycles. The monoisotopic (exact) mass is 338 g/mol. The van der Waals surface area contributed by atoms with Crippen molar-refractivity contribution in [2.45, 2.75) is 51.2 Å². The average Bonchev–Trinajstić information content (AvgIpc) is 3.10. The van der Waals surface area contributed by atoms with Crippen LogP contribution in [0.1, 0.15) is 48.3 Å². The van der Waals surface area contributed by atoms with E-state index in [-0.39, 0.29) is 17.9 Å². The first-order valence-electron chi connectivity index (χ1n) is 8.84. The Hall–Kier alpha value is -2.56. The number of carbonyl (C=O) groups excluding carboxylic acids is 2. The molecular weight excluding hydrogens is 316 g/mol. The van der Waals surface area contributed by atoms with Crippen LogP contribution in [0.5, 0.6) is 0 Å². The van der Waals surface area contributed by atoms with Gasteiger partial charge in [-0.2, -0.15) is 0 Å². The Morgan fingerprint density at radius 3 is 2.80 bits per heavy atom. The number of nitrogens with zero attached hydrogens (tertiary/aromatic N) is 1. The van der Waals surface area contributed by atoms with Gasteiger partial charge in [-0.1, -0.05) is 24.3 Å². The van der Waals surface area contributed by atoms with Gasteiger partial charge in [0.15, 0.2) is 0 Å². The third kappa shape index (κ3) is 2.95. The molecule has 4 rings (SSSR count). The first-order chi connectivity index (χ1) is 12.1. The van der Waals surface area contributed by atoms with E-state index in [1.165, 1.54) is 6.92 Å². The van der Waals surface area contributed by atoms with Crippen molar-refractivity contribution in [1.29, 1.82) is 0 Å². The van der Waals surface area contributed by atoms with Gasteiger partial charge >= 0.3 is 0 Å². The number of nitrogens with one attached hydrogen (secondary N) is 1. The highest BCUT2D eigenvalue weighted by Crippen LogP contribution is 2.31. The summed E-state index contributed by atoms with van der Waals surface area (Å²) in [5, 5.41) is 3.15. The van der Waals surface area contributed by atoms with Gasteiger partial charge in [0.05, 0.1) is 12.3 Å². The summed E-state index contributed by atoms with van der Waals surface area (Å²) in [4.78, 5) is 26.8. The Bertz CT molecular complexity index is 811. The maximum Gasteiger partial charge on any atom is 0.243 e. The number of aryl methyl sites for hydroxylation is 1. The summed E-state index contributed by atoms with van der Waals surface area (Å²) in [7, 11) is 0. The van der Waals surface area contributed by atoms with Crippen LogP contribution in [0.4, 0.5) is 0 Å². The lowest BCUT2D eigenvalue weighted by atomic mass is 9.91. The fourth-order valence-corrected chi connectivity index (χ4v) is 3.99. The molecule has 2 atom stereocenters. The molecule has 1 aromatic heterocycles. The van der Waals surface area contributed by atoms with Crippen LogP contribution >= 0.6 is 0 Å². The first kappa shape index (κ1) is 15.9. The molecule has 2 aliphatic rings. The third-order valence-electron chi connectivity index (χ3n) is 5.32. The van der Waals surface area contributed by atoms with E-state index in [2.05, 4.69) is 5.32 Å². The molecule has 5 nitrogen and oxygen atoms in total. The number of rotatable bonds is 2. The average molecular weight is 338 g/mol. The normalized spacial score (nSPS) is 22.0. The fraction of sp³-hybridized carbons (Fsp3) is 0.400. The summed E-state index contributed by atoms with van der Waals surface area (Å²) in [5.41, 5.74) is 3.34. The molecule has 0 bridgehead atoms. The van der Waals surface area contributed by atoms with E-state index in [0.29, 0.717) is 13.0 Å². The van der Waals surface area contributed by atoms with Crippen LogP contribution in [0.15, 0.2) is 41.0 Å². The lowest BCUT2D eigenvalue weighted by Gasteiger charge is -2.36. The highest BCUT2D eigenvalue weighted by Gasteiger charge is 2.35. The number of hydrogen-bond acceptors (Lipinski definition) is 3. The van der Waals surface area contributed by atoms with Gasteiger partial charge in [-0.15, -0.1) is 0 Å². The van der Waals surface area contributed by atoms with Gasteiger partial charge in [0, 0.05) is 31.9 Å². The molecule has 0 saturated heterocycles. The summed E-state index contributed by atoms with van der Waals surface area (Å²) in [6.07, 6.45) is 5.07. The maximum absolute atomic E-state index is 13.0. The van der Waals surface area contributed by atoms with Crippen molar-refractivity contribution in [2.75, 3.05) is 0 Å². The minimum Gasteiger partial charge on any atom is -0.469 e. The molecule has 1 aliphatic heterocycles. The largest absolute Gasteiger partial charge is 0.469 e. The maximum atomic E-state index is 13.0. The quantitative estimate of drug-likeness (QED) is 0.916. The Labute approximate surface area is 147 Å². The summed E-state index contributed by atoms with van der Waals surface area (Å²) in [6.45, 7) is 2.02. The number of hydrogen-bond donors (Lipinski definition) is 1. The zero-order valence-corrected chi connectivity index (χ0v) is 14.3. The van der Waals surface area contributed by atoms with E-state index < -0.39 is 6.04 Å². The van der Waals surface area contributed by atoms with E-state index in [4.69, 9.17) is 4.42 Å². The van der Waals surface area contributed by atoms with Crippen molar-refractivity contribution in [3.05, 3.63) is 59.0 Å².